The van der Waals surface area contributed by atoms with E-state index in [-0.39, 0.29) is 0 Å². The zero-order valence-electron chi connectivity index (χ0n) is 9.99. The van der Waals surface area contributed by atoms with Gasteiger partial charge in [0.15, 0.2) is 0 Å². The van der Waals surface area contributed by atoms with Crippen molar-refractivity contribution in [2.45, 2.75) is 33.6 Å². The number of hydrogen-bond acceptors (Lipinski definition) is 2. The van der Waals surface area contributed by atoms with Crippen LogP contribution in [0.1, 0.15) is 32.3 Å². The Bertz CT molecular complexity index is 204. The maximum atomic E-state index is 8.76. The predicted octanol–water partition coefficient (Wildman–Crippen LogP) is 3.52. The molecule has 0 aliphatic rings. The molecule has 0 amide bonds. The van der Waals surface area contributed by atoms with Crippen LogP contribution < -0.4 is 0 Å². The molecule has 0 spiro atoms. The summed E-state index contributed by atoms with van der Waals surface area (Å²) in [5.41, 5.74) is 1.17. The quantitative estimate of drug-likeness (QED) is 0.770. The van der Waals surface area contributed by atoms with Gasteiger partial charge in [0.25, 0.3) is 0 Å². The molecule has 1 rings (SSSR count). The van der Waals surface area contributed by atoms with E-state index in [1.54, 1.807) is 12.1 Å². The highest BCUT2D eigenvalue weighted by Crippen LogP contribution is 2.07. The molecule has 1 N–H and O–H groups in total. The Balaban J connectivity index is 0.000000265. The Morgan fingerprint density at radius 1 is 1.00 bits per heavy atom. The Morgan fingerprint density at radius 3 is 1.80 bits per heavy atom. The number of hydrogen-bond donors (Lipinski definition) is 1. The highest BCUT2D eigenvalue weighted by Gasteiger charge is 1.82. The van der Waals surface area contributed by atoms with Crippen LogP contribution in [0.15, 0.2) is 24.3 Å². The summed E-state index contributed by atoms with van der Waals surface area (Å²) in [5, 5.41) is 8.76. The van der Waals surface area contributed by atoms with Gasteiger partial charge in [0.2, 0.25) is 0 Å². The molecule has 0 bridgehead atoms. The van der Waals surface area contributed by atoms with E-state index in [2.05, 4.69) is 13.8 Å². The zero-order valence-corrected chi connectivity index (χ0v) is 9.99. The molecule has 1 aromatic carbocycles. The van der Waals surface area contributed by atoms with Crippen molar-refractivity contribution in [3.8, 4) is 5.75 Å². The van der Waals surface area contributed by atoms with E-state index < -0.39 is 0 Å². The molecule has 0 unspecified atom stereocenters. The summed E-state index contributed by atoms with van der Waals surface area (Å²) in [7, 11) is 0. The lowest BCUT2D eigenvalue weighted by molar-refractivity contribution is 0.135. The number of aromatic hydroxyl groups is 1. The van der Waals surface area contributed by atoms with E-state index >= 15 is 0 Å². The van der Waals surface area contributed by atoms with Gasteiger partial charge in [-0.05, 0) is 31.9 Å². The normalized spacial score (nSPS) is 9.27. The van der Waals surface area contributed by atoms with E-state index in [4.69, 9.17) is 9.84 Å². The molecule has 15 heavy (non-hydrogen) atoms. The second kappa shape index (κ2) is 9.53. The van der Waals surface area contributed by atoms with Crippen molar-refractivity contribution < 1.29 is 9.84 Å². The molecule has 0 radical (unpaired) electrons. The van der Waals surface area contributed by atoms with Crippen molar-refractivity contribution in [2.75, 3.05) is 13.2 Å². The van der Waals surface area contributed by atoms with Crippen molar-refractivity contribution >= 4 is 0 Å². The van der Waals surface area contributed by atoms with Gasteiger partial charge in [-0.25, -0.2) is 0 Å². The Kier molecular flexibility index (Phi) is 8.88. The standard InChI is InChI=1S/C7H8O.C6H14O/c1-6-2-4-7(8)5-3-6;1-3-5-7-6-4-2/h2-5,8H,1H3;3-6H2,1-2H3. The number of phenols is 1. The molecule has 0 heterocycles. The van der Waals surface area contributed by atoms with E-state index in [9.17, 15) is 0 Å². The molecule has 0 aliphatic heterocycles. The third-order valence-electron chi connectivity index (χ3n) is 1.73. The van der Waals surface area contributed by atoms with E-state index in [0.717, 1.165) is 26.1 Å². The molecular weight excluding hydrogens is 188 g/mol. The van der Waals surface area contributed by atoms with Crippen LogP contribution in [0.5, 0.6) is 5.75 Å². The lowest BCUT2D eigenvalue weighted by atomic mass is 10.2. The molecule has 2 heteroatoms. The summed E-state index contributed by atoms with van der Waals surface area (Å²) in [6.07, 6.45) is 2.28. The molecule has 1 aromatic rings. The Labute approximate surface area is 92.9 Å². The van der Waals surface area contributed by atoms with Crippen LogP contribution in [-0.4, -0.2) is 18.3 Å². The molecule has 86 valence electrons. The maximum Gasteiger partial charge on any atom is 0.115 e. The van der Waals surface area contributed by atoms with Gasteiger partial charge in [0, 0.05) is 13.2 Å². The fourth-order valence-corrected chi connectivity index (χ4v) is 0.936. The first-order valence-corrected chi connectivity index (χ1v) is 5.54. The summed E-state index contributed by atoms with van der Waals surface area (Å²) in [6.45, 7) is 8.08. The lowest BCUT2D eigenvalue weighted by Gasteiger charge is -1.95. The van der Waals surface area contributed by atoms with Gasteiger partial charge in [0.1, 0.15) is 5.75 Å². The van der Waals surface area contributed by atoms with Gasteiger partial charge in [0.05, 0.1) is 0 Å². The minimum atomic E-state index is 0.329. The fourth-order valence-electron chi connectivity index (χ4n) is 0.936. The van der Waals surface area contributed by atoms with Crippen LogP contribution in [-0.2, 0) is 4.74 Å². The van der Waals surface area contributed by atoms with E-state index in [1.165, 1.54) is 5.56 Å². The van der Waals surface area contributed by atoms with Gasteiger partial charge in [-0.3, -0.25) is 0 Å². The second-order valence-electron chi connectivity index (χ2n) is 3.45. The van der Waals surface area contributed by atoms with Gasteiger partial charge >= 0.3 is 0 Å². The topological polar surface area (TPSA) is 29.5 Å². The molecule has 0 aromatic heterocycles. The SMILES string of the molecule is CCCOCCC.Cc1ccc(O)cc1. The molecule has 0 aliphatic carbocycles. The average molecular weight is 210 g/mol. The third-order valence-corrected chi connectivity index (χ3v) is 1.73. The first-order valence-electron chi connectivity index (χ1n) is 5.54. The van der Waals surface area contributed by atoms with Crippen molar-refractivity contribution in [1.29, 1.82) is 0 Å². The number of phenolic OH excluding ortho intramolecular Hbond substituents is 1. The van der Waals surface area contributed by atoms with Crippen LogP contribution in [0.2, 0.25) is 0 Å². The molecule has 0 saturated carbocycles. The van der Waals surface area contributed by atoms with E-state index in [1.807, 2.05) is 19.1 Å². The summed E-state index contributed by atoms with van der Waals surface area (Å²) >= 11 is 0. The number of ether oxygens (including phenoxy) is 1. The van der Waals surface area contributed by atoms with Gasteiger partial charge in [-0.1, -0.05) is 31.5 Å². The minimum absolute atomic E-state index is 0.329. The average Bonchev–Trinajstić information content (AvgIpc) is 2.24. The highest BCUT2D eigenvalue weighted by atomic mass is 16.5. The first-order chi connectivity index (χ1) is 7.20. The van der Waals surface area contributed by atoms with E-state index in [0.29, 0.717) is 5.75 Å². The molecule has 0 saturated heterocycles. The highest BCUT2D eigenvalue weighted by molar-refractivity contribution is 5.24. The molecular formula is C13H22O2. The molecule has 0 atom stereocenters. The first kappa shape index (κ1) is 14.0. The zero-order chi connectivity index (χ0) is 11.5. The monoisotopic (exact) mass is 210 g/mol. The van der Waals surface area contributed by atoms with Crippen LogP contribution in [0.25, 0.3) is 0 Å². The van der Waals surface area contributed by atoms with Gasteiger partial charge < -0.3 is 9.84 Å². The van der Waals surface area contributed by atoms with Gasteiger partial charge in [-0.15, -0.1) is 0 Å². The van der Waals surface area contributed by atoms with Crippen molar-refractivity contribution in [3.05, 3.63) is 29.8 Å². The second-order valence-corrected chi connectivity index (χ2v) is 3.45. The Morgan fingerprint density at radius 2 is 1.47 bits per heavy atom. The molecule has 0 fully saturated rings. The summed E-state index contributed by atoms with van der Waals surface area (Å²) in [4.78, 5) is 0. The number of aryl methyl sites for hydroxylation is 1. The number of benzene rings is 1. The summed E-state index contributed by atoms with van der Waals surface area (Å²) in [6, 6.07) is 7.09. The fraction of sp³-hybridized carbons (Fsp3) is 0.538. The Hall–Kier alpha value is -1.02. The number of rotatable bonds is 4. The van der Waals surface area contributed by atoms with Crippen LogP contribution in [0, 0.1) is 6.92 Å². The molecule has 2 nitrogen and oxygen atoms in total. The predicted molar refractivity (Wildman–Crippen MR) is 64.2 cm³/mol. The van der Waals surface area contributed by atoms with Crippen molar-refractivity contribution in [3.63, 3.8) is 0 Å². The third kappa shape index (κ3) is 9.29. The lowest BCUT2D eigenvalue weighted by Crippen LogP contribution is -1.92. The van der Waals surface area contributed by atoms with Gasteiger partial charge in [-0.2, -0.15) is 0 Å². The minimum Gasteiger partial charge on any atom is -0.508 e. The smallest absolute Gasteiger partial charge is 0.115 e. The largest absolute Gasteiger partial charge is 0.508 e. The summed E-state index contributed by atoms with van der Waals surface area (Å²) in [5.74, 6) is 0.329. The van der Waals surface area contributed by atoms with Crippen LogP contribution in [0.3, 0.4) is 0 Å². The van der Waals surface area contributed by atoms with Crippen molar-refractivity contribution in [2.24, 2.45) is 0 Å². The maximum absolute atomic E-state index is 8.76. The van der Waals surface area contributed by atoms with Crippen LogP contribution >= 0.6 is 0 Å². The summed E-state index contributed by atoms with van der Waals surface area (Å²) < 4.78 is 5.13. The van der Waals surface area contributed by atoms with Crippen LogP contribution in [0.4, 0.5) is 0 Å². The van der Waals surface area contributed by atoms with Crippen molar-refractivity contribution in [1.82, 2.24) is 0 Å².